The highest BCUT2D eigenvalue weighted by Crippen LogP contribution is 2.21. The minimum absolute atomic E-state index is 0.0885. The van der Waals surface area contributed by atoms with Crippen molar-refractivity contribution >= 4 is 5.97 Å². The van der Waals surface area contributed by atoms with Gasteiger partial charge in [0.1, 0.15) is 5.75 Å². The molecule has 0 unspecified atom stereocenters. The Balaban J connectivity index is 2.83. The predicted octanol–water partition coefficient (Wildman–Crippen LogP) is 2.05. The van der Waals surface area contributed by atoms with E-state index >= 15 is 0 Å². The van der Waals surface area contributed by atoms with Gasteiger partial charge in [0, 0.05) is 6.07 Å². The van der Waals surface area contributed by atoms with Crippen LogP contribution in [0.15, 0.2) is 12.3 Å². The standard InChI is InChI=1S/C11H15NO3/c1-7-5-9(12-6-8(7)13)15-10(14)11(2,3)4/h5-6,13H,1-4H3. The number of hydrogen-bond acceptors (Lipinski definition) is 4. The number of nitrogens with zero attached hydrogens (tertiary/aromatic N) is 1. The third-order valence-corrected chi connectivity index (χ3v) is 1.87. The lowest BCUT2D eigenvalue weighted by Crippen LogP contribution is -2.25. The zero-order chi connectivity index (χ0) is 11.6. The monoisotopic (exact) mass is 209 g/mol. The van der Waals surface area contributed by atoms with Crippen molar-refractivity contribution in [1.29, 1.82) is 0 Å². The summed E-state index contributed by atoms with van der Waals surface area (Å²) >= 11 is 0. The summed E-state index contributed by atoms with van der Waals surface area (Å²) in [7, 11) is 0. The number of aromatic hydroxyl groups is 1. The smallest absolute Gasteiger partial charge is 0.317 e. The highest BCUT2D eigenvalue weighted by Gasteiger charge is 2.24. The molecule has 0 aliphatic rings. The second-order valence-electron chi connectivity index (χ2n) is 4.45. The predicted molar refractivity (Wildman–Crippen MR) is 55.7 cm³/mol. The minimum Gasteiger partial charge on any atom is -0.506 e. The van der Waals surface area contributed by atoms with Crippen LogP contribution in [0, 0.1) is 12.3 Å². The minimum atomic E-state index is -0.562. The van der Waals surface area contributed by atoms with Crippen LogP contribution in [0.4, 0.5) is 0 Å². The van der Waals surface area contributed by atoms with Gasteiger partial charge in [0.15, 0.2) is 0 Å². The molecule has 0 fully saturated rings. The second kappa shape index (κ2) is 3.88. The summed E-state index contributed by atoms with van der Waals surface area (Å²) in [4.78, 5) is 15.3. The molecule has 82 valence electrons. The van der Waals surface area contributed by atoms with Crippen LogP contribution in [-0.4, -0.2) is 16.1 Å². The quantitative estimate of drug-likeness (QED) is 0.719. The molecule has 4 heteroatoms. The number of aromatic nitrogens is 1. The Bertz CT molecular complexity index is 380. The summed E-state index contributed by atoms with van der Waals surface area (Å²) in [5.41, 5.74) is 0.0645. The Labute approximate surface area is 88.9 Å². The van der Waals surface area contributed by atoms with Gasteiger partial charge in [0.2, 0.25) is 5.88 Å². The molecule has 0 bridgehead atoms. The van der Waals surface area contributed by atoms with Crippen molar-refractivity contribution in [3.05, 3.63) is 17.8 Å². The van der Waals surface area contributed by atoms with Gasteiger partial charge in [-0.3, -0.25) is 4.79 Å². The summed E-state index contributed by atoms with van der Waals surface area (Å²) in [6, 6.07) is 1.53. The molecule has 1 rings (SSSR count). The second-order valence-corrected chi connectivity index (χ2v) is 4.45. The van der Waals surface area contributed by atoms with Gasteiger partial charge in [0.05, 0.1) is 11.6 Å². The largest absolute Gasteiger partial charge is 0.506 e. The lowest BCUT2D eigenvalue weighted by atomic mass is 9.97. The average Bonchev–Trinajstić information content (AvgIpc) is 2.10. The first-order valence-corrected chi connectivity index (χ1v) is 4.68. The molecule has 0 aromatic carbocycles. The summed E-state index contributed by atoms with van der Waals surface area (Å²) in [5, 5.41) is 9.23. The fourth-order valence-electron chi connectivity index (χ4n) is 0.827. The molecule has 0 spiro atoms. The van der Waals surface area contributed by atoms with Crippen molar-refractivity contribution in [3.8, 4) is 11.6 Å². The first kappa shape index (κ1) is 11.5. The molecular weight excluding hydrogens is 194 g/mol. The lowest BCUT2D eigenvalue weighted by Gasteiger charge is -2.15. The molecule has 0 saturated heterocycles. The van der Waals surface area contributed by atoms with Crippen LogP contribution in [0.5, 0.6) is 11.6 Å². The zero-order valence-electron chi connectivity index (χ0n) is 9.37. The van der Waals surface area contributed by atoms with Crippen LogP contribution in [0.1, 0.15) is 26.3 Å². The van der Waals surface area contributed by atoms with E-state index in [0.717, 1.165) is 0 Å². The molecule has 4 nitrogen and oxygen atoms in total. The first-order valence-electron chi connectivity index (χ1n) is 4.68. The average molecular weight is 209 g/mol. The van der Waals surface area contributed by atoms with E-state index in [-0.39, 0.29) is 17.6 Å². The molecule has 15 heavy (non-hydrogen) atoms. The van der Waals surface area contributed by atoms with E-state index in [0.29, 0.717) is 5.56 Å². The van der Waals surface area contributed by atoms with Crippen LogP contribution in [0.3, 0.4) is 0 Å². The molecule has 1 N–H and O–H groups in total. The SMILES string of the molecule is Cc1cc(OC(=O)C(C)(C)C)ncc1O. The molecule has 0 radical (unpaired) electrons. The Morgan fingerprint density at radius 1 is 1.47 bits per heavy atom. The summed E-state index contributed by atoms with van der Waals surface area (Å²) < 4.78 is 5.05. The molecular formula is C11H15NO3. The van der Waals surface area contributed by atoms with E-state index in [1.54, 1.807) is 27.7 Å². The van der Waals surface area contributed by atoms with Gasteiger partial charge >= 0.3 is 5.97 Å². The van der Waals surface area contributed by atoms with Crippen LogP contribution < -0.4 is 4.74 Å². The molecule has 0 atom stereocenters. The number of rotatable bonds is 1. The Morgan fingerprint density at radius 3 is 2.53 bits per heavy atom. The van der Waals surface area contributed by atoms with E-state index in [1.165, 1.54) is 12.3 Å². The van der Waals surface area contributed by atoms with Crippen LogP contribution >= 0.6 is 0 Å². The van der Waals surface area contributed by atoms with Gasteiger partial charge < -0.3 is 9.84 Å². The molecule has 0 aliphatic carbocycles. The molecule has 0 amide bonds. The Morgan fingerprint density at radius 2 is 2.07 bits per heavy atom. The third kappa shape index (κ3) is 2.94. The zero-order valence-corrected chi connectivity index (χ0v) is 9.37. The lowest BCUT2D eigenvalue weighted by molar-refractivity contribution is -0.143. The van der Waals surface area contributed by atoms with E-state index in [1.807, 2.05) is 0 Å². The van der Waals surface area contributed by atoms with Gasteiger partial charge in [-0.1, -0.05) is 0 Å². The highest BCUT2D eigenvalue weighted by molar-refractivity contribution is 5.77. The van der Waals surface area contributed by atoms with E-state index in [4.69, 9.17) is 4.74 Å². The highest BCUT2D eigenvalue weighted by atomic mass is 16.5. The first-order chi connectivity index (χ1) is 6.80. The summed E-state index contributed by atoms with van der Waals surface area (Å²) in [6.45, 7) is 7.01. The maximum absolute atomic E-state index is 11.5. The number of esters is 1. The maximum Gasteiger partial charge on any atom is 0.317 e. The number of ether oxygens (including phenoxy) is 1. The number of aryl methyl sites for hydroxylation is 1. The number of carbonyl (C=O) groups excluding carboxylic acids is 1. The molecule has 0 saturated carbocycles. The van der Waals surface area contributed by atoms with Crippen molar-refractivity contribution in [2.24, 2.45) is 5.41 Å². The molecule has 0 aliphatic heterocycles. The molecule has 1 aromatic rings. The van der Waals surface area contributed by atoms with E-state index < -0.39 is 5.41 Å². The Kier molecular flexibility index (Phi) is 2.98. The van der Waals surface area contributed by atoms with Crippen molar-refractivity contribution in [1.82, 2.24) is 4.98 Å². The molecule has 1 heterocycles. The van der Waals surface area contributed by atoms with Gasteiger partial charge in [-0.15, -0.1) is 0 Å². The topological polar surface area (TPSA) is 59.4 Å². The van der Waals surface area contributed by atoms with Gasteiger partial charge in [-0.05, 0) is 33.3 Å². The maximum atomic E-state index is 11.5. The van der Waals surface area contributed by atoms with Crippen LogP contribution in [0.25, 0.3) is 0 Å². The number of carbonyl (C=O) groups is 1. The van der Waals surface area contributed by atoms with Crippen molar-refractivity contribution < 1.29 is 14.6 Å². The van der Waals surface area contributed by atoms with Crippen LogP contribution in [0.2, 0.25) is 0 Å². The molecule has 1 aromatic heterocycles. The normalized spacial score (nSPS) is 11.2. The Hall–Kier alpha value is -1.58. The number of hydrogen-bond donors (Lipinski definition) is 1. The third-order valence-electron chi connectivity index (χ3n) is 1.87. The fraction of sp³-hybridized carbons (Fsp3) is 0.455. The summed E-state index contributed by atoms with van der Waals surface area (Å²) in [5.74, 6) is -0.0455. The van der Waals surface area contributed by atoms with Crippen molar-refractivity contribution in [3.63, 3.8) is 0 Å². The fourth-order valence-corrected chi connectivity index (χ4v) is 0.827. The van der Waals surface area contributed by atoms with Gasteiger partial charge in [-0.2, -0.15) is 0 Å². The van der Waals surface area contributed by atoms with Crippen molar-refractivity contribution in [2.45, 2.75) is 27.7 Å². The van der Waals surface area contributed by atoms with Gasteiger partial charge in [-0.25, -0.2) is 4.98 Å². The summed E-state index contributed by atoms with van der Waals surface area (Å²) in [6.07, 6.45) is 1.26. The van der Waals surface area contributed by atoms with Crippen LogP contribution in [-0.2, 0) is 4.79 Å². The van der Waals surface area contributed by atoms with E-state index in [2.05, 4.69) is 4.98 Å². The number of pyridine rings is 1. The van der Waals surface area contributed by atoms with E-state index in [9.17, 15) is 9.90 Å². The van der Waals surface area contributed by atoms with Crippen molar-refractivity contribution in [2.75, 3.05) is 0 Å². The van der Waals surface area contributed by atoms with Gasteiger partial charge in [0.25, 0.3) is 0 Å².